The molecule has 0 aliphatic rings. The number of aryl methyl sites for hydroxylation is 1. The van der Waals surface area contributed by atoms with E-state index in [0.29, 0.717) is 16.0 Å². The number of hydrogen-bond donors (Lipinski definition) is 2. The third-order valence-electron chi connectivity index (χ3n) is 2.06. The molecule has 0 aliphatic carbocycles. The largest absolute Gasteiger partial charge is 0.382 e. The Morgan fingerprint density at radius 2 is 2.13 bits per heavy atom. The second kappa shape index (κ2) is 3.66. The molecule has 1 aromatic heterocycles. The lowest BCUT2D eigenvalue weighted by atomic mass is 10.1. The number of halogens is 2. The summed E-state index contributed by atoms with van der Waals surface area (Å²) in [5.41, 5.74) is 7.75. The van der Waals surface area contributed by atoms with Gasteiger partial charge in [0.15, 0.2) is 0 Å². The van der Waals surface area contributed by atoms with Crippen LogP contribution in [0.1, 0.15) is 5.56 Å². The van der Waals surface area contributed by atoms with Gasteiger partial charge in [-0.15, -0.1) is 0 Å². The molecule has 3 N–H and O–H groups in total. The Morgan fingerprint density at radius 3 is 2.73 bits per heavy atom. The van der Waals surface area contributed by atoms with Crippen molar-refractivity contribution in [1.82, 2.24) is 10.2 Å². The molecule has 5 heteroatoms. The summed E-state index contributed by atoms with van der Waals surface area (Å²) < 4.78 is 13.8. The van der Waals surface area contributed by atoms with Gasteiger partial charge in [-0.3, -0.25) is 5.10 Å². The number of H-pyrrole nitrogens is 1. The highest BCUT2D eigenvalue weighted by atomic mass is 79.9. The summed E-state index contributed by atoms with van der Waals surface area (Å²) in [6.45, 7) is 1.83. The minimum atomic E-state index is -0.293. The van der Waals surface area contributed by atoms with Gasteiger partial charge in [0.05, 0.1) is 10.2 Å². The maximum absolute atomic E-state index is 13.4. The van der Waals surface area contributed by atoms with Crippen molar-refractivity contribution < 1.29 is 4.39 Å². The zero-order valence-corrected chi connectivity index (χ0v) is 9.60. The van der Waals surface area contributed by atoms with Gasteiger partial charge in [-0.25, -0.2) is 4.39 Å². The Bertz CT molecular complexity index is 507. The van der Waals surface area contributed by atoms with E-state index in [-0.39, 0.29) is 5.82 Å². The average molecular weight is 270 g/mol. The van der Waals surface area contributed by atoms with Gasteiger partial charge < -0.3 is 5.73 Å². The molecule has 1 heterocycles. The van der Waals surface area contributed by atoms with Crippen molar-refractivity contribution in [3.05, 3.63) is 34.1 Å². The number of nitrogens with one attached hydrogen (secondary N) is 1. The third-order valence-corrected chi connectivity index (χ3v) is 2.87. The van der Waals surface area contributed by atoms with Crippen LogP contribution in [-0.4, -0.2) is 10.2 Å². The quantitative estimate of drug-likeness (QED) is 0.837. The van der Waals surface area contributed by atoms with Crippen LogP contribution in [-0.2, 0) is 0 Å². The first-order valence-corrected chi connectivity index (χ1v) is 5.14. The molecular formula is C10H9BrFN3. The molecule has 1 aromatic carbocycles. The molecule has 0 atom stereocenters. The number of hydrogen-bond acceptors (Lipinski definition) is 2. The standard InChI is InChI=1S/C10H9BrFN3/c1-5-2-6(10(11)7(12)3-5)8-4-9(13)15-14-8/h2-4H,1H3,(H3,13,14,15). The number of nitrogens with zero attached hydrogens (tertiary/aromatic N) is 1. The number of nitrogen functional groups attached to an aromatic ring is 1. The molecule has 0 fully saturated rings. The number of anilines is 1. The first kappa shape index (κ1) is 10.2. The van der Waals surface area contributed by atoms with Crippen molar-refractivity contribution >= 4 is 21.7 Å². The molecule has 15 heavy (non-hydrogen) atoms. The molecule has 0 saturated heterocycles. The van der Waals surface area contributed by atoms with Crippen molar-refractivity contribution in [3.8, 4) is 11.3 Å². The normalized spacial score (nSPS) is 10.6. The van der Waals surface area contributed by atoms with Crippen LogP contribution in [0.3, 0.4) is 0 Å². The highest BCUT2D eigenvalue weighted by molar-refractivity contribution is 9.10. The van der Waals surface area contributed by atoms with E-state index in [4.69, 9.17) is 5.73 Å². The minimum absolute atomic E-state index is 0.293. The van der Waals surface area contributed by atoms with Gasteiger partial charge in [0.25, 0.3) is 0 Å². The molecule has 0 saturated carbocycles. The maximum Gasteiger partial charge on any atom is 0.145 e. The lowest BCUT2D eigenvalue weighted by molar-refractivity contribution is 0.620. The van der Waals surface area contributed by atoms with Crippen molar-refractivity contribution in [2.24, 2.45) is 0 Å². The Labute approximate surface area is 94.6 Å². The molecule has 0 unspecified atom stereocenters. The average Bonchev–Trinajstić information content (AvgIpc) is 2.58. The second-order valence-electron chi connectivity index (χ2n) is 3.31. The summed E-state index contributed by atoms with van der Waals surface area (Å²) in [5.74, 6) is 0.0944. The lowest BCUT2D eigenvalue weighted by Crippen LogP contribution is -1.87. The molecule has 0 bridgehead atoms. The summed E-state index contributed by atoms with van der Waals surface area (Å²) >= 11 is 3.20. The Morgan fingerprint density at radius 1 is 1.40 bits per heavy atom. The summed E-state index contributed by atoms with van der Waals surface area (Å²) in [7, 11) is 0. The van der Waals surface area contributed by atoms with Crippen LogP contribution in [0.5, 0.6) is 0 Å². The van der Waals surface area contributed by atoms with E-state index in [1.807, 2.05) is 13.0 Å². The number of aromatic amines is 1. The second-order valence-corrected chi connectivity index (χ2v) is 4.11. The Hall–Kier alpha value is -1.36. The predicted molar refractivity (Wildman–Crippen MR) is 60.8 cm³/mol. The molecule has 0 spiro atoms. The molecule has 3 nitrogen and oxygen atoms in total. The molecule has 2 aromatic rings. The first-order chi connectivity index (χ1) is 7.08. The molecule has 0 radical (unpaired) electrons. The van der Waals surface area contributed by atoms with Crippen LogP contribution in [0.2, 0.25) is 0 Å². The van der Waals surface area contributed by atoms with Gasteiger partial charge >= 0.3 is 0 Å². The number of nitrogens with two attached hydrogens (primary N) is 1. The topological polar surface area (TPSA) is 54.7 Å². The van der Waals surface area contributed by atoms with Gasteiger partial charge in [0.2, 0.25) is 0 Å². The van der Waals surface area contributed by atoms with Crippen LogP contribution in [0, 0.1) is 12.7 Å². The van der Waals surface area contributed by atoms with E-state index >= 15 is 0 Å². The van der Waals surface area contributed by atoms with Gasteiger partial charge in [0.1, 0.15) is 11.6 Å². The highest BCUT2D eigenvalue weighted by Crippen LogP contribution is 2.30. The van der Waals surface area contributed by atoms with Crippen molar-refractivity contribution in [2.75, 3.05) is 5.73 Å². The zero-order valence-electron chi connectivity index (χ0n) is 8.01. The molecule has 2 rings (SSSR count). The van der Waals surface area contributed by atoms with E-state index in [0.717, 1.165) is 11.1 Å². The van der Waals surface area contributed by atoms with Gasteiger partial charge in [-0.1, -0.05) is 0 Å². The van der Waals surface area contributed by atoms with Gasteiger partial charge in [-0.2, -0.15) is 5.10 Å². The van der Waals surface area contributed by atoms with Crippen molar-refractivity contribution in [1.29, 1.82) is 0 Å². The van der Waals surface area contributed by atoms with E-state index in [2.05, 4.69) is 26.1 Å². The fraction of sp³-hybridized carbons (Fsp3) is 0.100. The fourth-order valence-corrected chi connectivity index (χ4v) is 1.84. The highest BCUT2D eigenvalue weighted by Gasteiger charge is 2.10. The van der Waals surface area contributed by atoms with E-state index in [1.165, 1.54) is 6.07 Å². The first-order valence-electron chi connectivity index (χ1n) is 4.35. The Balaban J connectivity index is 2.62. The molecule has 78 valence electrons. The summed E-state index contributed by atoms with van der Waals surface area (Å²) in [6, 6.07) is 4.99. The van der Waals surface area contributed by atoms with Crippen molar-refractivity contribution in [3.63, 3.8) is 0 Å². The maximum atomic E-state index is 13.4. The summed E-state index contributed by atoms with van der Waals surface area (Å²) in [5, 5.41) is 6.55. The van der Waals surface area contributed by atoms with Crippen molar-refractivity contribution in [2.45, 2.75) is 6.92 Å². The number of aromatic nitrogens is 2. The van der Waals surface area contributed by atoms with Crippen LogP contribution < -0.4 is 5.73 Å². The van der Waals surface area contributed by atoms with Crippen LogP contribution >= 0.6 is 15.9 Å². The smallest absolute Gasteiger partial charge is 0.145 e. The number of benzene rings is 1. The predicted octanol–water partition coefficient (Wildman–Crippen LogP) is 2.87. The summed E-state index contributed by atoms with van der Waals surface area (Å²) in [4.78, 5) is 0. The SMILES string of the molecule is Cc1cc(F)c(Br)c(-c2cc(N)n[nH]2)c1. The summed E-state index contributed by atoms with van der Waals surface area (Å²) in [6.07, 6.45) is 0. The molecule has 0 amide bonds. The third kappa shape index (κ3) is 1.87. The van der Waals surface area contributed by atoms with Crippen LogP contribution in [0.4, 0.5) is 10.2 Å². The molecular weight excluding hydrogens is 261 g/mol. The minimum Gasteiger partial charge on any atom is -0.382 e. The molecule has 0 aliphatic heterocycles. The lowest BCUT2D eigenvalue weighted by Gasteiger charge is -2.04. The van der Waals surface area contributed by atoms with Crippen LogP contribution in [0.25, 0.3) is 11.3 Å². The van der Waals surface area contributed by atoms with Crippen LogP contribution in [0.15, 0.2) is 22.7 Å². The monoisotopic (exact) mass is 269 g/mol. The van der Waals surface area contributed by atoms with Gasteiger partial charge in [0, 0.05) is 11.6 Å². The van der Waals surface area contributed by atoms with E-state index < -0.39 is 0 Å². The Kier molecular flexibility index (Phi) is 2.48. The van der Waals surface area contributed by atoms with Gasteiger partial charge in [-0.05, 0) is 40.5 Å². The zero-order chi connectivity index (χ0) is 11.0. The number of rotatable bonds is 1. The van der Waals surface area contributed by atoms with E-state index in [9.17, 15) is 4.39 Å². The van der Waals surface area contributed by atoms with E-state index in [1.54, 1.807) is 6.07 Å². The fourth-order valence-electron chi connectivity index (χ4n) is 1.40.